The molecule has 0 spiro atoms. The molecule has 0 aliphatic carbocycles. The third kappa shape index (κ3) is 5.28. The van der Waals surface area contributed by atoms with E-state index in [1.165, 1.54) is 0 Å². The van der Waals surface area contributed by atoms with Crippen LogP contribution in [0.1, 0.15) is 25.3 Å². The van der Waals surface area contributed by atoms with Crippen molar-refractivity contribution < 1.29 is 23.7 Å². The van der Waals surface area contributed by atoms with Crippen LogP contribution in [0.2, 0.25) is 0 Å². The summed E-state index contributed by atoms with van der Waals surface area (Å²) in [5.74, 6) is 3.47. The quantitative estimate of drug-likeness (QED) is 0.426. The van der Waals surface area contributed by atoms with Crippen LogP contribution in [0, 0.1) is 0 Å². The second-order valence-corrected chi connectivity index (χ2v) is 8.64. The summed E-state index contributed by atoms with van der Waals surface area (Å²) in [6, 6.07) is 11.4. The highest BCUT2D eigenvalue weighted by molar-refractivity contribution is 5.85. The number of ether oxygens (including phenoxy) is 5. The zero-order valence-corrected chi connectivity index (χ0v) is 20.8. The maximum Gasteiger partial charge on any atom is 0.258 e. The van der Waals surface area contributed by atoms with Crippen LogP contribution < -0.4 is 29.2 Å². The predicted molar refractivity (Wildman–Crippen MR) is 136 cm³/mol. The Bertz CT molecular complexity index is 1230. The van der Waals surface area contributed by atoms with E-state index in [1.54, 1.807) is 20.3 Å². The van der Waals surface area contributed by atoms with Gasteiger partial charge in [0.25, 0.3) is 5.56 Å². The maximum absolute atomic E-state index is 13.3. The summed E-state index contributed by atoms with van der Waals surface area (Å²) in [7, 11) is 3.18. The van der Waals surface area contributed by atoms with Crippen LogP contribution >= 0.6 is 12.4 Å². The van der Waals surface area contributed by atoms with E-state index in [1.807, 2.05) is 41.1 Å². The first kappa shape index (κ1) is 25.0. The molecule has 0 saturated carbocycles. The van der Waals surface area contributed by atoms with Gasteiger partial charge in [-0.05, 0) is 61.5 Å². The van der Waals surface area contributed by atoms with Gasteiger partial charge in [-0.2, -0.15) is 0 Å². The Morgan fingerprint density at radius 2 is 1.83 bits per heavy atom. The number of aromatic nitrogens is 1. The number of piperidine rings is 1. The minimum Gasteiger partial charge on any atom is -0.493 e. The van der Waals surface area contributed by atoms with Crippen molar-refractivity contribution in [2.75, 3.05) is 47.3 Å². The molecule has 0 N–H and O–H groups in total. The van der Waals surface area contributed by atoms with E-state index >= 15 is 0 Å². The van der Waals surface area contributed by atoms with Crippen molar-refractivity contribution in [2.45, 2.75) is 25.3 Å². The van der Waals surface area contributed by atoms with E-state index in [0.717, 1.165) is 61.5 Å². The lowest BCUT2D eigenvalue weighted by Crippen LogP contribution is -2.40. The standard InChI is InChI=1S/C26H30N2O6.ClH/c1-30-23-13-18-8-11-28(26(29)21(18)15-24(23)31-2)19-5-3-9-27(16-19)10-4-12-32-20-6-7-22-25(14-20)34-17-33-22;/h6-8,11,13-15,19H,3-5,9-10,12,16-17H2,1-2H3;1H. The Hall–Kier alpha value is -3.10. The number of nitrogens with zero attached hydrogens (tertiary/aromatic N) is 2. The lowest BCUT2D eigenvalue weighted by atomic mass is 10.0. The van der Waals surface area contributed by atoms with Gasteiger partial charge in [-0.15, -0.1) is 12.4 Å². The van der Waals surface area contributed by atoms with Crippen LogP contribution in [0.15, 0.2) is 47.4 Å². The topological polar surface area (TPSA) is 71.4 Å². The Morgan fingerprint density at radius 1 is 1.03 bits per heavy atom. The first-order valence-electron chi connectivity index (χ1n) is 11.7. The monoisotopic (exact) mass is 502 g/mol. The average molecular weight is 503 g/mol. The number of fused-ring (bicyclic) bond motifs is 2. The van der Waals surface area contributed by atoms with Crippen LogP contribution in [-0.2, 0) is 0 Å². The van der Waals surface area contributed by atoms with Gasteiger partial charge in [-0.3, -0.25) is 4.79 Å². The van der Waals surface area contributed by atoms with E-state index in [2.05, 4.69) is 4.90 Å². The number of pyridine rings is 1. The molecule has 5 rings (SSSR count). The summed E-state index contributed by atoms with van der Waals surface area (Å²) < 4.78 is 29.3. The van der Waals surface area contributed by atoms with Crippen molar-refractivity contribution in [1.82, 2.24) is 9.47 Å². The number of methoxy groups -OCH3 is 2. The molecule has 3 heterocycles. The number of likely N-dealkylation sites (tertiary alicyclic amines) is 1. The fraction of sp³-hybridized carbons (Fsp3) is 0.423. The molecule has 8 nitrogen and oxygen atoms in total. The minimum absolute atomic E-state index is 0. The van der Waals surface area contributed by atoms with Crippen LogP contribution in [-0.4, -0.2) is 56.7 Å². The molecule has 2 aromatic carbocycles. The fourth-order valence-corrected chi connectivity index (χ4v) is 4.78. The maximum atomic E-state index is 13.3. The highest BCUT2D eigenvalue weighted by Gasteiger charge is 2.23. The Labute approximate surface area is 210 Å². The molecule has 1 unspecified atom stereocenters. The molecule has 3 aromatic rings. The summed E-state index contributed by atoms with van der Waals surface area (Å²) in [6.45, 7) is 3.69. The molecular formula is C26H31ClN2O6. The molecule has 0 radical (unpaired) electrons. The molecular weight excluding hydrogens is 472 g/mol. The smallest absolute Gasteiger partial charge is 0.258 e. The Kier molecular flexibility index (Phi) is 7.93. The largest absolute Gasteiger partial charge is 0.493 e. The van der Waals surface area contributed by atoms with E-state index in [-0.39, 0.29) is 30.8 Å². The zero-order valence-electron chi connectivity index (χ0n) is 20.0. The molecule has 9 heteroatoms. The molecule has 2 aliphatic rings. The zero-order chi connectivity index (χ0) is 23.5. The molecule has 0 bridgehead atoms. The van der Waals surface area contributed by atoms with Crippen LogP contribution in [0.25, 0.3) is 10.8 Å². The SMILES string of the molecule is COc1cc2ccn(C3CCCN(CCCOc4ccc5c(c4)OCO5)C3)c(=O)c2cc1OC.Cl. The van der Waals surface area contributed by atoms with Crippen LogP contribution in [0.3, 0.4) is 0 Å². The summed E-state index contributed by atoms with van der Waals surface area (Å²) in [4.78, 5) is 15.7. The van der Waals surface area contributed by atoms with Gasteiger partial charge in [0.2, 0.25) is 6.79 Å². The summed E-state index contributed by atoms with van der Waals surface area (Å²) in [5, 5.41) is 1.50. The molecule has 1 atom stereocenters. The molecule has 0 amide bonds. The summed E-state index contributed by atoms with van der Waals surface area (Å²) in [5.41, 5.74) is 0.0106. The fourth-order valence-electron chi connectivity index (χ4n) is 4.78. The number of halogens is 1. The van der Waals surface area contributed by atoms with E-state index in [9.17, 15) is 4.79 Å². The molecule has 2 aliphatic heterocycles. The van der Waals surface area contributed by atoms with Gasteiger partial charge in [-0.25, -0.2) is 0 Å². The van der Waals surface area contributed by atoms with Crippen molar-refractivity contribution in [2.24, 2.45) is 0 Å². The highest BCUT2D eigenvalue weighted by atomic mass is 35.5. The second kappa shape index (κ2) is 11.1. The first-order chi connectivity index (χ1) is 16.7. The van der Waals surface area contributed by atoms with Gasteiger partial charge >= 0.3 is 0 Å². The van der Waals surface area contributed by atoms with Gasteiger partial charge in [0.15, 0.2) is 23.0 Å². The third-order valence-corrected chi connectivity index (χ3v) is 6.54. The number of hydrogen-bond acceptors (Lipinski definition) is 7. The van der Waals surface area contributed by atoms with Crippen molar-refractivity contribution in [3.8, 4) is 28.7 Å². The number of hydrogen-bond donors (Lipinski definition) is 0. The minimum atomic E-state index is 0. The molecule has 1 aromatic heterocycles. The second-order valence-electron chi connectivity index (χ2n) is 8.64. The van der Waals surface area contributed by atoms with Crippen LogP contribution in [0.5, 0.6) is 28.7 Å². The number of benzene rings is 2. The van der Waals surface area contributed by atoms with Crippen LogP contribution in [0.4, 0.5) is 0 Å². The highest BCUT2D eigenvalue weighted by Crippen LogP contribution is 2.35. The van der Waals surface area contributed by atoms with Crippen molar-refractivity contribution in [3.05, 3.63) is 52.9 Å². The molecule has 1 saturated heterocycles. The average Bonchev–Trinajstić information content (AvgIpc) is 3.34. The first-order valence-corrected chi connectivity index (χ1v) is 11.7. The van der Waals surface area contributed by atoms with E-state index in [4.69, 9.17) is 23.7 Å². The van der Waals surface area contributed by atoms with E-state index < -0.39 is 0 Å². The Morgan fingerprint density at radius 3 is 2.66 bits per heavy atom. The summed E-state index contributed by atoms with van der Waals surface area (Å²) in [6.07, 6.45) is 4.87. The van der Waals surface area contributed by atoms with Gasteiger partial charge < -0.3 is 33.2 Å². The molecule has 1 fully saturated rings. The van der Waals surface area contributed by atoms with Crippen molar-refractivity contribution in [3.63, 3.8) is 0 Å². The molecule has 35 heavy (non-hydrogen) atoms. The molecule has 188 valence electrons. The predicted octanol–water partition coefficient (Wildman–Crippen LogP) is 4.28. The Balaban J connectivity index is 0.00000289. The lowest BCUT2D eigenvalue weighted by Gasteiger charge is -2.33. The van der Waals surface area contributed by atoms with E-state index in [0.29, 0.717) is 23.5 Å². The van der Waals surface area contributed by atoms with Gasteiger partial charge in [0.1, 0.15) is 5.75 Å². The number of rotatable bonds is 8. The lowest BCUT2D eigenvalue weighted by molar-refractivity contribution is 0.163. The van der Waals surface area contributed by atoms with Crippen molar-refractivity contribution in [1.29, 1.82) is 0 Å². The van der Waals surface area contributed by atoms with Gasteiger partial charge in [0, 0.05) is 31.4 Å². The third-order valence-electron chi connectivity index (χ3n) is 6.54. The van der Waals surface area contributed by atoms with Gasteiger partial charge in [0.05, 0.1) is 26.2 Å². The summed E-state index contributed by atoms with van der Waals surface area (Å²) >= 11 is 0. The van der Waals surface area contributed by atoms with Gasteiger partial charge in [-0.1, -0.05) is 0 Å². The normalized spacial score (nSPS) is 17.1. The van der Waals surface area contributed by atoms with Crippen molar-refractivity contribution >= 4 is 23.2 Å².